The zero-order valence-corrected chi connectivity index (χ0v) is 20.1. The smallest absolute Gasteiger partial charge is 0.252 e. The maximum atomic E-state index is 13.7. The summed E-state index contributed by atoms with van der Waals surface area (Å²) in [6, 6.07) is 10.9. The van der Waals surface area contributed by atoms with Gasteiger partial charge in [-0.3, -0.25) is 4.79 Å². The Kier molecular flexibility index (Phi) is 8.63. The Morgan fingerprint density at radius 3 is 2.32 bits per heavy atom. The van der Waals surface area contributed by atoms with Gasteiger partial charge in [-0.25, -0.2) is 4.39 Å². The summed E-state index contributed by atoms with van der Waals surface area (Å²) in [5.41, 5.74) is 1.42. The molecule has 0 radical (unpaired) electrons. The van der Waals surface area contributed by atoms with Crippen LogP contribution in [0.25, 0.3) is 0 Å². The molecule has 3 rings (SSSR count). The van der Waals surface area contributed by atoms with Gasteiger partial charge in [0, 0.05) is 17.6 Å². The molecule has 1 amide bonds. The third-order valence-electron chi connectivity index (χ3n) is 6.20. The van der Waals surface area contributed by atoms with Crippen molar-refractivity contribution < 1.29 is 9.18 Å². The Hall–Kier alpha value is -1.33. The fraction of sp³-hybridized carbons (Fsp3) is 0.458. The third-order valence-corrected chi connectivity index (χ3v) is 7.05. The van der Waals surface area contributed by atoms with E-state index in [0.717, 1.165) is 43.2 Å². The van der Waals surface area contributed by atoms with Gasteiger partial charge >= 0.3 is 0 Å². The number of carbonyl (C=O) groups excluding carboxylic acids is 1. The van der Waals surface area contributed by atoms with Gasteiger partial charge in [-0.1, -0.05) is 59.8 Å². The average molecular weight is 486 g/mol. The van der Waals surface area contributed by atoms with Gasteiger partial charge in [0.25, 0.3) is 5.91 Å². The van der Waals surface area contributed by atoms with E-state index in [2.05, 4.69) is 36.4 Å². The summed E-state index contributed by atoms with van der Waals surface area (Å²) in [4.78, 5) is 14.6. The number of nitrogens with zero attached hydrogens (tertiary/aromatic N) is 1. The van der Waals surface area contributed by atoms with E-state index in [1.54, 1.807) is 0 Å². The second-order valence-electron chi connectivity index (χ2n) is 8.53. The van der Waals surface area contributed by atoms with Crippen LogP contribution in [0.3, 0.4) is 0 Å². The predicted octanol–water partition coefficient (Wildman–Crippen LogP) is 7.02. The van der Waals surface area contributed by atoms with Gasteiger partial charge in [0.2, 0.25) is 0 Å². The second-order valence-corrected chi connectivity index (χ2v) is 9.78. The van der Waals surface area contributed by atoms with Crippen LogP contribution in [0.2, 0.25) is 15.1 Å². The molecule has 1 saturated carbocycles. The Morgan fingerprint density at radius 2 is 1.71 bits per heavy atom. The van der Waals surface area contributed by atoms with Crippen molar-refractivity contribution in [3.8, 4) is 0 Å². The summed E-state index contributed by atoms with van der Waals surface area (Å²) in [6.45, 7) is 0.545. The highest BCUT2D eigenvalue weighted by molar-refractivity contribution is 6.36. The van der Waals surface area contributed by atoms with Gasteiger partial charge in [0.15, 0.2) is 0 Å². The number of amides is 1. The highest BCUT2D eigenvalue weighted by atomic mass is 35.5. The Labute approximate surface area is 198 Å². The predicted molar refractivity (Wildman–Crippen MR) is 127 cm³/mol. The van der Waals surface area contributed by atoms with Crippen LogP contribution < -0.4 is 5.32 Å². The maximum absolute atomic E-state index is 13.7. The van der Waals surface area contributed by atoms with Gasteiger partial charge in [0.1, 0.15) is 5.82 Å². The highest BCUT2D eigenvalue weighted by Crippen LogP contribution is 2.40. The maximum Gasteiger partial charge on any atom is 0.252 e. The van der Waals surface area contributed by atoms with E-state index in [1.807, 2.05) is 12.1 Å². The molecule has 0 spiro atoms. The van der Waals surface area contributed by atoms with Crippen molar-refractivity contribution in [3.05, 3.63) is 68.4 Å². The van der Waals surface area contributed by atoms with E-state index in [9.17, 15) is 9.18 Å². The van der Waals surface area contributed by atoms with Crippen LogP contribution in [-0.4, -0.2) is 31.4 Å². The Bertz CT molecular complexity index is 896. The average Bonchev–Trinajstić information content (AvgIpc) is 2.73. The summed E-state index contributed by atoms with van der Waals surface area (Å²) in [7, 11) is 4.26. The van der Waals surface area contributed by atoms with Crippen molar-refractivity contribution in [2.24, 2.45) is 11.8 Å². The number of nitrogens with one attached hydrogen (secondary N) is 1. The summed E-state index contributed by atoms with van der Waals surface area (Å²) >= 11 is 17.8. The van der Waals surface area contributed by atoms with Crippen LogP contribution in [0, 0.1) is 17.7 Å². The third kappa shape index (κ3) is 6.35. The monoisotopic (exact) mass is 484 g/mol. The molecule has 0 aromatic heterocycles. The fourth-order valence-electron chi connectivity index (χ4n) is 4.63. The van der Waals surface area contributed by atoms with Crippen LogP contribution in [0.1, 0.15) is 54.1 Å². The van der Waals surface area contributed by atoms with Crippen molar-refractivity contribution in [1.82, 2.24) is 10.2 Å². The molecule has 1 unspecified atom stereocenters. The van der Waals surface area contributed by atoms with E-state index in [-0.39, 0.29) is 21.5 Å². The molecule has 1 aliphatic carbocycles. The fourth-order valence-corrected chi connectivity index (χ4v) is 5.22. The minimum Gasteiger partial charge on any atom is -0.352 e. The first-order valence-electron chi connectivity index (χ1n) is 10.6. The van der Waals surface area contributed by atoms with Crippen molar-refractivity contribution in [2.75, 3.05) is 20.6 Å². The standard InChI is InChI=1S/C24H28Cl3FN2O/c1-30(2)23(17-7-9-18(25)10-8-17)16-5-3-15(4-6-16)11-12-29-24(31)19-13-22(28)21(27)14-20(19)26/h7-10,13-16,23H,3-6,11-12H2,1-2H3,(H,29,31). The summed E-state index contributed by atoms with van der Waals surface area (Å²) in [5.74, 6) is 0.148. The molecule has 31 heavy (non-hydrogen) atoms. The van der Waals surface area contributed by atoms with Gasteiger partial charge in [-0.15, -0.1) is 0 Å². The lowest BCUT2D eigenvalue weighted by molar-refractivity contribution is 0.0947. The van der Waals surface area contributed by atoms with E-state index >= 15 is 0 Å². The van der Waals surface area contributed by atoms with Crippen LogP contribution >= 0.6 is 34.8 Å². The molecule has 7 heteroatoms. The molecular weight excluding hydrogens is 458 g/mol. The number of carbonyl (C=O) groups is 1. The number of hydrogen-bond donors (Lipinski definition) is 1. The van der Waals surface area contributed by atoms with Crippen LogP contribution in [0.15, 0.2) is 36.4 Å². The number of rotatable bonds is 7. The lowest BCUT2D eigenvalue weighted by Gasteiger charge is -2.37. The molecule has 0 bridgehead atoms. The minimum atomic E-state index is -0.648. The molecule has 2 aromatic carbocycles. The molecule has 1 N–H and O–H groups in total. The summed E-state index contributed by atoms with van der Waals surface area (Å²) in [6.07, 6.45) is 5.47. The Balaban J connectivity index is 1.49. The van der Waals surface area contributed by atoms with E-state index < -0.39 is 5.82 Å². The zero-order chi connectivity index (χ0) is 22.5. The molecule has 1 aliphatic rings. The van der Waals surface area contributed by atoms with E-state index in [4.69, 9.17) is 34.8 Å². The summed E-state index contributed by atoms with van der Waals surface area (Å²) in [5, 5.41) is 3.69. The molecule has 0 heterocycles. The van der Waals surface area contributed by atoms with Crippen molar-refractivity contribution in [3.63, 3.8) is 0 Å². The molecule has 0 aliphatic heterocycles. The first-order valence-corrected chi connectivity index (χ1v) is 11.7. The number of hydrogen-bond acceptors (Lipinski definition) is 2. The number of halogens is 4. The first-order chi connectivity index (χ1) is 14.8. The Morgan fingerprint density at radius 1 is 1.06 bits per heavy atom. The van der Waals surface area contributed by atoms with Crippen LogP contribution in [0.4, 0.5) is 4.39 Å². The quantitative estimate of drug-likeness (QED) is 0.428. The van der Waals surface area contributed by atoms with E-state index in [1.165, 1.54) is 11.6 Å². The topological polar surface area (TPSA) is 32.3 Å². The molecule has 0 saturated heterocycles. The van der Waals surface area contributed by atoms with Gasteiger partial charge in [-0.2, -0.15) is 0 Å². The minimum absolute atomic E-state index is 0.0899. The first kappa shape index (κ1) is 24.3. The lowest BCUT2D eigenvalue weighted by atomic mass is 9.75. The number of benzene rings is 2. The van der Waals surface area contributed by atoms with Crippen LogP contribution in [-0.2, 0) is 0 Å². The molecule has 1 fully saturated rings. The van der Waals surface area contributed by atoms with Gasteiger partial charge in [0.05, 0.1) is 15.6 Å². The highest BCUT2D eigenvalue weighted by Gasteiger charge is 2.30. The molecule has 168 valence electrons. The zero-order valence-electron chi connectivity index (χ0n) is 17.8. The van der Waals surface area contributed by atoms with Crippen molar-refractivity contribution in [1.29, 1.82) is 0 Å². The summed E-state index contributed by atoms with van der Waals surface area (Å²) < 4.78 is 13.7. The molecule has 2 aromatic rings. The largest absolute Gasteiger partial charge is 0.352 e. The van der Waals surface area contributed by atoms with Gasteiger partial charge < -0.3 is 10.2 Å². The second kappa shape index (κ2) is 11.0. The van der Waals surface area contributed by atoms with Crippen molar-refractivity contribution in [2.45, 2.75) is 38.1 Å². The normalized spacial score (nSPS) is 20.0. The molecule has 1 atom stereocenters. The van der Waals surface area contributed by atoms with Crippen molar-refractivity contribution >= 4 is 40.7 Å². The van der Waals surface area contributed by atoms with Crippen LogP contribution in [0.5, 0.6) is 0 Å². The van der Waals surface area contributed by atoms with Gasteiger partial charge in [-0.05, 0) is 75.0 Å². The van der Waals surface area contributed by atoms with E-state index in [0.29, 0.717) is 24.4 Å². The lowest BCUT2D eigenvalue weighted by Crippen LogP contribution is -2.31. The molecule has 3 nitrogen and oxygen atoms in total. The SMILES string of the molecule is CN(C)C(c1ccc(Cl)cc1)C1CCC(CCNC(=O)c2cc(F)c(Cl)cc2Cl)CC1. The molecular formula is C24H28Cl3FN2O.